The first-order valence-electron chi connectivity index (χ1n) is 8.83. The van der Waals surface area contributed by atoms with Crippen molar-refractivity contribution < 1.29 is 13.2 Å². The Balaban J connectivity index is 2.33. The van der Waals surface area contributed by atoms with E-state index in [0.717, 1.165) is 0 Å². The third-order valence-corrected chi connectivity index (χ3v) is 6.28. The SMILES string of the molecule is CNCCn1nc(C)c(S(=O)(=O)c2ccc(NC(=O)C(C)(C)C)cc2)c1C. The molecule has 1 amide bonds. The predicted octanol–water partition coefficient (Wildman–Crippen LogP) is 2.54. The number of hydrogen-bond acceptors (Lipinski definition) is 5. The number of likely N-dealkylation sites (N-methyl/N-ethyl adjacent to an activating group) is 1. The normalized spacial score (nSPS) is 12.2. The molecule has 0 aliphatic rings. The number of carbonyl (C=O) groups excluding carboxylic acids is 1. The van der Waals surface area contributed by atoms with Gasteiger partial charge in [-0.05, 0) is 45.2 Å². The fourth-order valence-corrected chi connectivity index (χ4v) is 4.31. The molecule has 0 saturated heterocycles. The molecule has 1 aromatic carbocycles. The van der Waals surface area contributed by atoms with Gasteiger partial charge in [-0.3, -0.25) is 9.48 Å². The number of anilines is 1. The summed E-state index contributed by atoms with van der Waals surface area (Å²) in [4.78, 5) is 12.5. The molecule has 0 radical (unpaired) electrons. The van der Waals surface area contributed by atoms with Crippen LogP contribution < -0.4 is 10.6 Å². The number of aromatic nitrogens is 2. The van der Waals surface area contributed by atoms with Crippen molar-refractivity contribution in [1.29, 1.82) is 0 Å². The summed E-state index contributed by atoms with van der Waals surface area (Å²) in [6.07, 6.45) is 0. The second-order valence-electron chi connectivity index (χ2n) is 7.56. The largest absolute Gasteiger partial charge is 0.326 e. The zero-order valence-corrected chi connectivity index (χ0v) is 17.6. The van der Waals surface area contributed by atoms with Crippen LogP contribution in [-0.4, -0.2) is 37.7 Å². The van der Waals surface area contributed by atoms with E-state index in [2.05, 4.69) is 15.7 Å². The molecule has 0 fully saturated rings. The average Bonchev–Trinajstić information content (AvgIpc) is 2.86. The van der Waals surface area contributed by atoms with E-state index >= 15 is 0 Å². The predicted molar refractivity (Wildman–Crippen MR) is 106 cm³/mol. The van der Waals surface area contributed by atoms with Crippen LogP contribution in [0.5, 0.6) is 0 Å². The molecule has 0 saturated carbocycles. The first kappa shape index (κ1) is 21.1. The zero-order chi connectivity index (χ0) is 20.4. The monoisotopic (exact) mass is 392 g/mol. The Morgan fingerprint density at radius 2 is 1.74 bits per heavy atom. The zero-order valence-electron chi connectivity index (χ0n) is 16.8. The van der Waals surface area contributed by atoms with Crippen LogP contribution >= 0.6 is 0 Å². The highest BCUT2D eigenvalue weighted by Gasteiger charge is 2.27. The van der Waals surface area contributed by atoms with Gasteiger partial charge in [-0.2, -0.15) is 5.10 Å². The van der Waals surface area contributed by atoms with Crippen molar-refractivity contribution in [3.05, 3.63) is 35.7 Å². The molecule has 0 spiro atoms. The minimum absolute atomic E-state index is 0.129. The molecule has 7 nitrogen and oxygen atoms in total. The smallest absolute Gasteiger partial charge is 0.229 e. The van der Waals surface area contributed by atoms with Crippen LogP contribution in [0.25, 0.3) is 0 Å². The number of sulfone groups is 1. The minimum atomic E-state index is -3.69. The average molecular weight is 393 g/mol. The third-order valence-electron chi connectivity index (χ3n) is 4.26. The molecule has 2 aromatic rings. The fraction of sp³-hybridized carbons (Fsp3) is 0.474. The maximum Gasteiger partial charge on any atom is 0.229 e. The van der Waals surface area contributed by atoms with Crippen LogP contribution in [0.4, 0.5) is 5.69 Å². The molecule has 0 aliphatic carbocycles. The Kier molecular flexibility index (Phi) is 6.11. The van der Waals surface area contributed by atoms with E-state index in [0.29, 0.717) is 30.2 Å². The van der Waals surface area contributed by atoms with Crippen LogP contribution in [0.3, 0.4) is 0 Å². The van der Waals surface area contributed by atoms with E-state index in [4.69, 9.17) is 0 Å². The van der Waals surface area contributed by atoms with Crippen molar-refractivity contribution in [2.24, 2.45) is 5.41 Å². The maximum absolute atomic E-state index is 13.1. The van der Waals surface area contributed by atoms with Gasteiger partial charge in [0, 0.05) is 17.6 Å². The first-order chi connectivity index (χ1) is 12.5. The second-order valence-corrected chi connectivity index (χ2v) is 9.45. The Labute approximate surface area is 161 Å². The highest BCUT2D eigenvalue weighted by Crippen LogP contribution is 2.28. The van der Waals surface area contributed by atoms with Gasteiger partial charge in [0.2, 0.25) is 15.7 Å². The Bertz CT molecular complexity index is 923. The summed E-state index contributed by atoms with van der Waals surface area (Å²) < 4.78 is 27.9. The molecule has 1 aromatic heterocycles. The number of carbonyl (C=O) groups is 1. The first-order valence-corrected chi connectivity index (χ1v) is 10.3. The van der Waals surface area contributed by atoms with Gasteiger partial charge >= 0.3 is 0 Å². The highest BCUT2D eigenvalue weighted by molar-refractivity contribution is 7.91. The van der Waals surface area contributed by atoms with Crippen molar-refractivity contribution in [3.8, 4) is 0 Å². The van der Waals surface area contributed by atoms with Crippen molar-refractivity contribution >= 4 is 21.4 Å². The Morgan fingerprint density at radius 1 is 1.15 bits per heavy atom. The molecule has 0 aliphatic heterocycles. The Morgan fingerprint density at radius 3 is 2.26 bits per heavy atom. The molecule has 0 unspecified atom stereocenters. The lowest BCUT2D eigenvalue weighted by atomic mass is 9.95. The Hall–Kier alpha value is -2.19. The molecule has 8 heteroatoms. The van der Waals surface area contributed by atoms with Crippen LogP contribution in [0.1, 0.15) is 32.2 Å². The van der Waals surface area contributed by atoms with Gasteiger partial charge in [0.05, 0.1) is 22.8 Å². The molecular weight excluding hydrogens is 364 g/mol. The summed E-state index contributed by atoms with van der Waals surface area (Å²) in [6, 6.07) is 6.23. The minimum Gasteiger partial charge on any atom is -0.326 e. The molecule has 2 rings (SSSR count). The van der Waals surface area contributed by atoms with Gasteiger partial charge in [0.1, 0.15) is 4.90 Å². The lowest BCUT2D eigenvalue weighted by Gasteiger charge is -2.17. The van der Waals surface area contributed by atoms with E-state index in [1.165, 1.54) is 12.1 Å². The van der Waals surface area contributed by atoms with Crippen LogP contribution in [0, 0.1) is 19.3 Å². The highest BCUT2D eigenvalue weighted by atomic mass is 32.2. The molecule has 1 heterocycles. The quantitative estimate of drug-likeness (QED) is 0.788. The van der Waals surface area contributed by atoms with E-state index in [9.17, 15) is 13.2 Å². The van der Waals surface area contributed by atoms with E-state index in [1.54, 1.807) is 30.7 Å². The van der Waals surface area contributed by atoms with E-state index in [1.807, 2.05) is 27.8 Å². The summed E-state index contributed by atoms with van der Waals surface area (Å²) in [7, 11) is -1.86. The van der Waals surface area contributed by atoms with E-state index < -0.39 is 15.3 Å². The molecule has 2 N–H and O–H groups in total. The number of nitrogens with zero attached hydrogens (tertiary/aromatic N) is 2. The molecule has 27 heavy (non-hydrogen) atoms. The van der Waals surface area contributed by atoms with Gasteiger partial charge in [0.25, 0.3) is 0 Å². The molecule has 0 atom stereocenters. The number of amides is 1. The standard InChI is InChI=1S/C19H28N4O3S/c1-13-17(14(2)23(22-13)12-11-20-6)27(25,26)16-9-7-15(8-10-16)21-18(24)19(3,4)5/h7-10,20H,11-12H2,1-6H3,(H,21,24). The maximum atomic E-state index is 13.1. The van der Waals surface area contributed by atoms with Gasteiger partial charge < -0.3 is 10.6 Å². The topological polar surface area (TPSA) is 93.1 Å². The lowest BCUT2D eigenvalue weighted by Crippen LogP contribution is -2.27. The molecular formula is C19H28N4O3S. The third kappa shape index (κ3) is 4.56. The van der Waals surface area contributed by atoms with Crippen LogP contribution in [-0.2, 0) is 21.2 Å². The number of hydrogen-bond donors (Lipinski definition) is 2. The number of nitrogens with one attached hydrogen (secondary N) is 2. The van der Waals surface area contributed by atoms with Crippen molar-refractivity contribution in [2.75, 3.05) is 18.9 Å². The van der Waals surface area contributed by atoms with E-state index in [-0.39, 0.29) is 15.7 Å². The van der Waals surface area contributed by atoms with Crippen molar-refractivity contribution in [3.63, 3.8) is 0 Å². The summed E-state index contributed by atoms with van der Waals surface area (Å²) in [6.45, 7) is 10.2. The van der Waals surface area contributed by atoms with Crippen LogP contribution in [0.15, 0.2) is 34.1 Å². The van der Waals surface area contributed by atoms with Crippen molar-refractivity contribution in [1.82, 2.24) is 15.1 Å². The van der Waals surface area contributed by atoms with Gasteiger partial charge in [-0.1, -0.05) is 20.8 Å². The van der Waals surface area contributed by atoms with Crippen molar-refractivity contribution in [2.45, 2.75) is 51.0 Å². The fourth-order valence-electron chi connectivity index (χ4n) is 2.66. The van der Waals surface area contributed by atoms with Gasteiger partial charge in [0.15, 0.2) is 0 Å². The number of benzene rings is 1. The summed E-state index contributed by atoms with van der Waals surface area (Å²) in [5.41, 5.74) is 1.13. The van der Waals surface area contributed by atoms with Gasteiger partial charge in [-0.15, -0.1) is 0 Å². The lowest BCUT2D eigenvalue weighted by molar-refractivity contribution is -0.123. The molecule has 148 valence electrons. The number of rotatable bonds is 6. The summed E-state index contributed by atoms with van der Waals surface area (Å²) in [5.74, 6) is -0.129. The summed E-state index contributed by atoms with van der Waals surface area (Å²) >= 11 is 0. The second kappa shape index (κ2) is 7.82. The van der Waals surface area contributed by atoms with Crippen LogP contribution in [0.2, 0.25) is 0 Å². The molecule has 0 bridgehead atoms. The summed E-state index contributed by atoms with van der Waals surface area (Å²) in [5, 5.41) is 10.2. The van der Waals surface area contributed by atoms with Gasteiger partial charge in [-0.25, -0.2) is 8.42 Å². The number of aryl methyl sites for hydroxylation is 1.